The van der Waals surface area contributed by atoms with Crippen LogP contribution >= 0.6 is 0 Å². The molecule has 0 fully saturated rings. The van der Waals surface area contributed by atoms with Crippen molar-refractivity contribution in [2.45, 2.75) is 64.2 Å². The molecule has 0 N–H and O–H groups in total. The summed E-state index contributed by atoms with van der Waals surface area (Å²) in [5.74, 6) is 0.900. The molecule has 0 saturated carbocycles. The molecule has 1 heterocycles. The van der Waals surface area contributed by atoms with Crippen molar-refractivity contribution in [3.8, 4) is 11.5 Å². The lowest BCUT2D eigenvalue weighted by Crippen LogP contribution is -2.21. The Bertz CT molecular complexity index is 692. The molecule has 3 nitrogen and oxygen atoms in total. The molecule has 0 unspecified atom stereocenters. The van der Waals surface area contributed by atoms with Gasteiger partial charge in [-0.25, -0.2) is 0 Å². The van der Waals surface area contributed by atoms with Gasteiger partial charge < -0.3 is 9.47 Å². The predicted octanol–water partition coefficient (Wildman–Crippen LogP) is 6.61. The van der Waals surface area contributed by atoms with Crippen molar-refractivity contribution in [1.29, 1.82) is 0 Å². The van der Waals surface area contributed by atoms with Gasteiger partial charge in [0, 0.05) is 11.1 Å². The van der Waals surface area contributed by atoms with Gasteiger partial charge in [0.15, 0.2) is 0 Å². The normalized spacial score (nSPS) is 12.8. The third kappa shape index (κ3) is 5.12. The Morgan fingerprint density at radius 3 is 1.93 bits per heavy atom. The van der Waals surface area contributed by atoms with Gasteiger partial charge in [0.1, 0.15) is 17.4 Å². The number of benzene rings is 2. The first-order chi connectivity index (χ1) is 13.3. The lowest BCUT2D eigenvalue weighted by atomic mass is 9.88. The Balaban J connectivity index is 1.51. The number of ether oxygens (including phenoxy) is 2. The van der Waals surface area contributed by atoms with E-state index in [1.54, 1.807) is 0 Å². The third-order valence-electron chi connectivity index (χ3n) is 5.16. The van der Waals surface area contributed by atoms with E-state index in [1.807, 2.05) is 48.5 Å². The molecule has 0 aliphatic carbocycles. The molecule has 27 heavy (non-hydrogen) atoms. The molecular weight excluding hydrogens is 336 g/mol. The first-order valence-corrected chi connectivity index (χ1v) is 10.3. The van der Waals surface area contributed by atoms with Crippen LogP contribution in [0.2, 0.25) is 0 Å². The van der Waals surface area contributed by atoms with E-state index in [2.05, 4.69) is 6.92 Å². The van der Waals surface area contributed by atoms with Crippen molar-refractivity contribution in [2.24, 2.45) is 0 Å². The Labute approximate surface area is 162 Å². The molecule has 0 aromatic heterocycles. The van der Waals surface area contributed by atoms with E-state index < -0.39 is 5.92 Å². The smallest absolute Gasteiger partial charge is 0.318 e. The van der Waals surface area contributed by atoms with Gasteiger partial charge in [0.2, 0.25) is 0 Å². The van der Waals surface area contributed by atoms with E-state index in [4.69, 9.17) is 9.47 Å². The quantitative estimate of drug-likeness (QED) is 0.351. The minimum Gasteiger partial charge on any atom is -0.465 e. The topological polar surface area (TPSA) is 35.5 Å². The average molecular weight is 367 g/mol. The summed E-state index contributed by atoms with van der Waals surface area (Å²) < 4.78 is 11.6. The number of para-hydroxylation sites is 2. The summed E-state index contributed by atoms with van der Waals surface area (Å²) in [5, 5.41) is 0. The van der Waals surface area contributed by atoms with E-state index >= 15 is 0 Å². The van der Waals surface area contributed by atoms with Crippen molar-refractivity contribution in [2.75, 3.05) is 6.61 Å². The SMILES string of the molecule is CCCCCCCCCCOC(=O)C1c2ccccc2Oc2ccccc21. The molecule has 0 saturated heterocycles. The van der Waals surface area contributed by atoms with Gasteiger partial charge in [0.05, 0.1) is 6.61 Å². The second-order valence-corrected chi connectivity index (χ2v) is 7.25. The third-order valence-corrected chi connectivity index (χ3v) is 5.16. The molecule has 2 aromatic rings. The average Bonchev–Trinajstić information content (AvgIpc) is 2.70. The highest BCUT2D eigenvalue weighted by Gasteiger charge is 2.33. The van der Waals surface area contributed by atoms with Crippen LogP contribution in [0.25, 0.3) is 0 Å². The van der Waals surface area contributed by atoms with Crippen LogP contribution in [0.15, 0.2) is 48.5 Å². The number of esters is 1. The summed E-state index contributed by atoms with van der Waals surface area (Å²) in [6, 6.07) is 15.4. The zero-order chi connectivity index (χ0) is 18.9. The fourth-order valence-corrected chi connectivity index (χ4v) is 3.66. The number of hydrogen-bond donors (Lipinski definition) is 0. The molecule has 0 amide bonds. The van der Waals surface area contributed by atoms with Crippen molar-refractivity contribution in [3.05, 3.63) is 59.7 Å². The molecule has 3 heteroatoms. The zero-order valence-corrected chi connectivity index (χ0v) is 16.3. The van der Waals surface area contributed by atoms with Crippen molar-refractivity contribution < 1.29 is 14.3 Å². The maximum atomic E-state index is 12.9. The van der Waals surface area contributed by atoms with Crippen LogP contribution in [0.4, 0.5) is 0 Å². The first-order valence-electron chi connectivity index (χ1n) is 10.3. The van der Waals surface area contributed by atoms with E-state index in [1.165, 1.54) is 38.5 Å². The number of rotatable bonds is 10. The van der Waals surface area contributed by atoms with E-state index in [0.717, 1.165) is 35.5 Å². The molecule has 1 aliphatic rings. The molecule has 0 radical (unpaired) electrons. The van der Waals surface area contributed by atoms with Gasteiger partial charge >= 0.3 is 5.97 Å². The van der Waals surface area contributed by atoms with Gasteiger partial charge in [-0.3, -0.25) is 4.79 Å². The van der Waals surface area contributed by atoms with Crippen LogP contribution in [-0.4, -0.2) is 12.6 Å². The highest BCUT2D eigenvalue weighted by atomic mass is 16.5. The lowest BCUT2D eigenvalue weighted by Gasteiger charge is -2.26. The summed E-state index contributed by atoms with van der Waals surface area (Å²) in [7, 11) is 0. The van der Waals surface area contributed by atoms with Crippen molar-refractivity contribution in [3.63, 3.8) is 0 Å². The van der Waals surface area contributed by atoms with Crippen LogP contribution in [0.1, 0.15) is 75.3 Å². The van der Waals surface area contributed by atoms with E-state index in [9.17, 15) is 4.79 Å². The highest BCUT2D eigenvalue weighted by Crippen LogP contribution is 2.44. The fourth-order valence-electron chi connectivity index (χ4n) is 3.66. The minimum atomic E-state index is -0.403. The van der Waals surface area contributed by atoms with Crippen molar-refractivity contribution >= 4 is 5.97 Å². The first kappa shape index (κ1) is 19.5. The molecule has 0 atom stereocenters. The molecule has 1 aliphatic heterocycles. The molecule has 2 aromatic carbocycles. The van der Waals surface area contributed by atoms with Gasteiger partial charge in [0.25, 0.3) is 0 Å². The van der Waals surface area contributed by atoms with E-state index in [-0.39, 0.29) is 5.97 Å². The number of unbranched alkanes of at least 4 members (excludes halogenated alkanes) is 7. The highest BCUT2D eigenvalue weighted by molar-refractivity contribution is 5.85. The van der Waals surface area contributed by atoms with E-state index in [0.29, 0.717) is 6.61 Å². The minimum absolute atomic E-state index is 0.179. The monoisotopic (exact) mass is 366 g/mol. The zero-order valence-electron chi connectivity index (χ0n) is 16.3. The van der Waals surface area contributed by atoms with Crippen LogP contribution in [0.5, 0.6) is 11.5 Å². The number of hydrogen-bond acceptors (Lipinski definition) is 3. The second-order valence-electron chi connectivity index (χ2n) is 7.25. The second kappa shape index (κ2) is 10.1. The largest absolute Gasteiger partial charge is 0.465 e. The van der Waals surface area contributed by atoms with Gasteiger partial charge in [-0.1, -0.05) is 88.3 Å². The maximum Gasteiger partial charge on any atom is 0.318 e. The van der Waals surface area contributed by atoms with Crippen LogP contribution in [0.3, 0.4) is 0 Å². The van der Waals surface area contributed by atoms with Crippen LogP contribution < -0.4 is 4.74 Å². The number of fused-ring (bicyclic) bond motifs is 2. The Morgan fingerprint density at radius 1 is 0.815 bits per heavy atom. The van der Waals surface area contributed by atoms with Gasteiger partial charge in [-0.2, -0.15) is 0 Å². The van der Waals surface area contributed by atoms with Gasteiger partial charge in [-0.15, -0.1) is 0 Å². The predicted molar refractivity (Wildman–Crippen MR) is 108 cm³/mol. The fraction of sp³-hybridized carbons (Fsp3) is 0.458. The lowest BCUT2D eigenvalue weighted by molar-refractivity contribution is -0.144. The molecule has 144 valence electrons. The number of carbonyl (C=O) groups is 1. The standard InChI is InChI=1S/C24H30O3/c1-2-3-4-5-6-7-8-13-18-26-24(25)23-19-14-9-11-16-21(19)27-22-17-12-10-15-20(22)23/h9-12,14-17,23H,2-8,13,18H2,1H3. The molecule has 0 spiro atoms. The summed E-state index contributed by atoms with van der Waals surface area (Å²) >= 11 is 0. The summed E-state index contributed by atoms with van der Waals surface area (Å²) in [4.78, 5) is 12.9. The Hall–Kier alpha value is -2.29. The summed E-state index contributed by atoms with van der Waals surface area (Å²) in [5.41, 5.74) is 1.77. The summed E-state index contributed by atoms with van der Waals surface area (Å²) in [6.45, 7) is 2.74. The summed E-state index contributed by atoms with van der Waals surface area (Å²) in [6.07, 6.45) is 9.86. The van der Waals surface area contributed by atoms with Gasteiger partial charge in [-0.05, 0) is 18.6 Å². The Morgan fingerprint density at radius 2 is 1.33 bits per heavy atom. The number of carbonyl (C=O) groups excluding carboxylic acids is 1. The van der Waals surface area contributed by atoms with Crippen LogP contribution in [0, 0.1) is 0 Å². The van der Waals surface area contributed by atoms with Crippen LogP contribution in [-0.2, 0) is 9.53 Å². The molecule has 3 rings (SSSR count). The molecule has 0 bridgehead atoms. The molecular formula is C24H30O3. The van der Waals surface area contributed by atoms with Crippen molar-refractivity contribution in [1.82, 2.24) is 0 Å². The Kier molecular flexibility index (Phi) is 7.32. The maximum absolute atomic E-state index is 12.9.